The number of sulfonamides is 1. The van der Waals surface area contributed by atoms with Crippen molar-refractivity contribution in [1.82, 2.24) is 4.90 Å². The second-order valence-electron chi connectivity index (χ2n) is 6.98. The van der Waals surface area contributed by atoms with E-state index in [1.165, 1.54) is 18.5 Å². The summed E-state index contributed by atoms with van der Waals surface area (Å²) < 4.78 is 27.4. The summed E-state index contributed by atoms with van der Waals surface area (Å²) in [4.78, 5) is 2.84. The summed E-state index contributed by atoms with van der Waals surface area (Å²) in [6, 6.07) is 15.0. The van der Waals surface area contributed by atoms with Gasteiger partial charge >= 0.3 is 0 Å². The lowest BCUT2D eigenvalue weighted by Crippen LogP contribution is -2.45. The monoisotopic (exact) mass is 356 g/mol. The lowest BCUT2D eigenvalue weighted by Gasteiger charge is -2.39. The molecule has 1 fully saturated rings. The highest BCUT2D eigenvalue weighted by Gasteiger charge is 2.33. The van der Waals surface area contributed by atoms with Crippen LogP contribution in [0, 0.1) is 0 Å². The number of hydrogen-bond acceptors (Lipinski definition) is 3. The molecule has 5 heteroatoms. The van der Waals surface area contributed by atoms with Gasteiger partial charge in [0.1, 0.15) is 0 Å². The third-order valence-electron chi connectivity index (χ3n) is 5.26. The van der Waals surface area contributed by atoms with Crippen molar-refractivity contribution < 1.29 is 8.42 Å². The molecular weight excluding hydrogens is 332 g/mol. The number of nitrogens with zero attached hydrogens (tertiary/aromatic N) is 2. The third kappa shape index (κ3) is 2.96. The molecule has 4 rings (SSSR count). The summed E-state index contributed by atoms with van der Waals surface area (Å²) in [6.45, 7) is 6.16. The first kappa shape index (κ1) is 16.6. The highest BCUT2D eigenvalue weighted by Crippen LogP contribution is 2.36. The van der Waals surface area contributed by atoms with E-state index in [0.29, 0.717) is 17.4 Å². The largest absolute Gasteiger partial charge is 0.302 e. The Morgan fingerprint density at radius 3 is 2.56 bits per heavy atom. The first-order valence-electron chi connectivity index (χ1n) is 9.02. The van der Waals surface area contributed by atoms with E-state index in [1.807, 2.05) is 12.1 Å². The van der Waals surface area contributed by atoms with Gasteiger partial charge in [0.05, 0.1) is 10.6 Å². The van der Waals surface area contributed by atoms with Crippen LogP contribution in [-0.2, 0) is 16.4 Å². The molecule has 25 heavy (non-hydrogen) atoms. The smallest absolute Gasteiger partial charge is 0.264 e. The van der Waals surface area contributed by atoms with Gasteiger partial charge in [-0.15, -0.1) is 0 Å². The maximum Gasteiger partial charge on any atom is 0.264 e. The van der Waals surface area contributed by atoms with E-state index >= 15 is 0 Å². The number of rotatable bonds is 5. The summed E-state index contributed by atoms with van der Waals surface area (Å²) in [5.74, 6) is 0.594. The minimum atomic E-state index is -3.47. The summed E-state index contributed by atoms with van der Waals surface area (Å²) in [6.07, 6.45) is 1.99. The summed E-state index contributed by atoms with van der Waals surface area (Å²) in [7, 11) is -3.47. The van der Waals surface area contributed by atoms with Gasteiger partial charge in [-0.1, -0.05) is 37.3 Å². The Balaban J connectivity index is 1.56. The molecule has 0 amide bonds. The molecule has 2 aliphatic heterocycles. The van der Waals surface area contributed by atoms with Crippen molar-refractivity contribution in [2.24, 2.45) is 0 Å². The van der Waals surface area contributed by atoms with E-state index in [2.05, 4.69) is 24.0 Å². The SMILES string of the molecule is CCCN1CC(c2ccc3c(c2)CCN3S(=O)(=O)c2ccccc2)C1. The molecule has 2 aromatic carbocycles. The Hall–Kier alpha value is -1.85. The van der Waals surface area contributed by atoms with Crippen LogP contribution in [0.15, 0.2) is 53.4 Å². The predicted molar refractivity (Wildman–Crippen MR) is 101 cm³/mol. The van der Waals surface area contributed by atoms with Gasteiger partial charge in [-0.25, -0.2) is 8.42 Å². The molecule has 0 bridgehead atoms. The quantitative estimate of drug-likeness (QED) is 0.826. The maximum absolute atomic E-state index is 12.9. The Morgan fingerprint density at radius 1 is 1.08 bits per heavy atom. The van der Waals surface area contributed by atoms with E-state index < -0.39 is 10.0 Å². The standard InChI is InChI=1S/C20H24N2O2S/c1-2-11-21-14-18(15-21)16-8-9-20-17(13-16)10-12-22(20)25(23,24)19-6-4-3-5-7-19/h3-9,13,18H,2,10-12,14-15H2,1H3. The minimum absolute atomic E-state index is 0.362. The van der Waals surface area contributed by atoms with Crippen LogP contribution in [0.4, 0.5) is 5.69 Å². The van der Waals surface area contributed by atoms with Crippen LogP contribution in [-0.4, -0.2) is 39.5 Å². The van der Waals surface area contributed by atoms with Gasteiger partial charge in [0.25, 0.3) is 10.0 Å². The van der Waals surface area contributed by atoms with Gasteiger partial charge in [-0.05, 0) is 48.7 Å². The number of likely N-dealkylation sites (tertiary alicyclic amines) is 1. The second kappa shape index (κ2) is 6.46. The van der Waals surface area contributed by atoms with Crippen LogP contribution < -0.4 is 4.31 Å². The molecule has 132 valence electrons. The van der Waals surface area contributed by atoms with Crippen molar-refractivity contribution in [3.63, 3.8) is 0 Å². The van der Waals surface area contributed by atoms with E-state index in [-0.39, 0.29) is 0 Å². The zero-order chi connectivity index (χ0) is 17.4. The third-order valence-corrected chi connectivity index (χ3v) is 7.08. The highest BCUT2D eigenvalue weighted by molar-refractivity contribution is 7.92. The normalized spacial score (nSPS) is 18.2. The van der Waals surface area contributed by atoms with Crippen LogP contribution in [0.1, 0.15) is 30.4 Å². The van der Waals surface area contributed by atoms with Gasteiger partial charge in [-0.3, -0.25) is 4.31 Å². The number of benzene rings is 2. The fourth-order valence-corrected chi connectivity index (χ4v) is 5.42. The van der Waals surface area contributed by atoms with E-state index in [4.69, 9.17) is 0 Å². The molecule has 0 aromatic heterocycles. The van der Waals surface area contributed by atoms with Crippen molar-refractivity contribution in [2.75, 3.05) is 30.5 Å². The molecular formula is C20H24N2O2S. The summed E-state index contributed by atoms with van der Waals surface area (Å²) >= 11 is 0. The average molecular weight is 356 g/mol. The Morgan fingerprint density at radius 2 is 1.84 bits per heavy atom. The molecule has 4 nitrogen and oxygen atoms in total. The molecule has 0 radical (unpaired) electrons. The number of hydrogen-bond donors (Lipinski definition) is 0. The maximum atomic E-state index is 12.9. The van der Waals surface area contributed by atoms with Gasteiger partial charge in [0.2, 0.25) is 0 Å². The van der Waals surface area contributed by atoms with Gasteiger partial charge in [0, 0.05) is 25.6 Å². The van der Waals surface area contributed by atoms with Crippen LogP contribution in [0.5, 0.6) is 0 Å². The molecule has 0 spiro atoms. The molecule has 0 aliphatic carbocycles. The molecule has 2 aromatic rings. The van der Waals surface area contributed by atoms with Crippen molar-refractivity contribution in [2.45, 2.75) is 30.6 Å². The van der Waals surface area contributed by atoms with Crippen LogP contribution in [0.25, 0.3) is 0 Å². The minimum Gasteiger partial charge on any atom is -0.302 e. The zero-order valence-corrected chi connectivity index (χ0v) is 15.4. The fourth-order valence-electron chi connectivity index (χ4n) is 3.89. The predicted octanol–water partition coefficient (Wildman–Crippen LogP) is 3.25. The van der Waals surface area contributed by atoms with E-state index in [1.54, 1.807) is 28.6 Å². The van der Waals surface area contributed by atoms with Crippen molar-refractivity contribution in [1.29, 1.82) is 0 Å². The van der Waals surface area contributed by atoms with Gasteiger partial charge in [0.15, 0.2) is 0 Å². The Kier molecular flexibility index (Phi) is 4.29. The molecule has 0 N–H and O–H groups in total. The molecule has 2 heterocycles. The lowest BCUT2D eigenvalue weighted by atomic mass is 9.90. The molecule has 2 aliphatic rings. The average Bonchev–Trinajstić information content (AvgIpc) is 3.02. The summed E-state index contributed by atoms with van der Waals surface area (Å²) in [5.41, 5.74) is 3.35. The first-order valence-corrected chi connectivity index (χ1v) is 10.5. The van der Waals surface area contributed by atoms with Gasteiger partial charge in [-0.2, -0.15) is 0 Å². The fraction of sp³-hybridized carbons (Fsp3) is 0.400. The van der Waals surface area contributed by atoms with Crippen LogP contribution in [0.3, 0.4) is 0 Å². The molecule has 1 saturated heterocycles. The highest BCUT2D eigenvalue weighted by atomic mass is 32.2. The van der Waals surface area contributed by atoms with Crippen LogP contribution in [0.2, 0.25) is 0 Å². The first-order chi connectivity index (χ1) is 12.1. The van der Waals surface area contributed by atoms with Gasteiger partial charge < -0.3 is 4.90 Å². The van der Waals surface area contributed by atoms with Crippen molar-refractivity contribution >= 4 is 15.7 Å². The molecule has 0 unspecified atom stereocenters. The number of anilines is 1. The van der Waals surface area contributed by atoms with Crippen molar-refractivity contribution in [3.8, 4) is 0 Å². The molecule has 0 saturated carbocycles. The van der Waals surface area contributed by atoms with E-state index in [0.717, 1.165) is 30.8 Å². The molecule has 0 atom stereocenters. The Labute approximate surface area is 150 Å². The lowest BCUT2D eigenvalue weighted by molar-refractivity contribution is 0.149. The second-order valence-corrected chi connectivity index (χ2v) is 8.85. The van der Waals surface area contributed by atoms with E-state index in [9.17, 15) is 8.42 Å². The topological polar surface area (TPSA) is 40.6 Å². The summed E-state index contributed by atoms with van der Waals surface area (Å²) in [5, 5.41) is 0. The number of fused-ring (bicyclic) bond motifs is 1. The Bertz CT molecular complexity index is 859. The van der Waals surface area contributed by atoms with Crippen LogP contribution >= 0.6 is 0 Å². The zero-order valence-electron chi connectivity index (χ0n) is 14.6. The van der Waals surface area contributed by atoms with Crippen molar-refractivity contribution in [3.05, 3.63) is 59.7 Å².